The summed E-state index contributed by atoms with van der Waals surface area (Å²) in [7, 11) is 7.73. The molecule has 55 heavy (non-hydrogen) atoms. The second-order valence-corrected chi connectivity index (χ2v) is 14.6. The molecule has 0 saturated carbocycles. The summed E-state index contributed by atoms with van der Waals surface area (Å²) in [5.74, 6) is 1.04. The first-order valence-electron chi connectivity index (χ1n) is 18.5. The summed E-state index contributed by atoms with van der Waals surface area (Å²) in [6, 6.07) is 16.9. The number of carbonyl (C=O) groups is 2. The number of aliphatic carboxylic acids is 1. The number of thioether (sulfide) groups is 1. The predicted molar refractivity (Wildman–Crippen MR) is 213 cm³/mol. The lowest BCUT2D eigenvalue weighted by atomic mass is 9.74. The Morgan fingerprint density at radius 3 is 2.24 bits per heavy atom. The number of benzene rings is 3. The predicted octanol–water partition coefficient (Wildman–Crippen LogP) is 5.92. The number of carboxylic acids is 1. The zero-order chi connectivity index (χ0) is 39.4. The fourth-order valence-electron chi connectivity index (χ4n) is 7.59. The van der Waals surface area contributed by atoms with E-state index in [0.717, 1.165) is 30.8 Å². The third-order valence-electron chi connectivity index (χ3n) is 10.5. The molecule has 5 rings (SSSR count). The number of nitrogens with zero attached hydrogens (tertiary/aromatic N) is 2. The maximum Gasteiger partial charge on any atom is 0.331 e. The van der Waals surface area contributed by atoms with E-state index in [1.165, 1.54) is 21.3 Å². The van der Waals surface area contributed by atoms with Crippen molar-refractivity contribution in [2.45, 2.75) is 36.6 Å². The third-order valence-corrected chi connectivity index (χ3v) is 11.6. The van der Waals surface area contributed by atoms with E-state index in [1.54, 1.807) is 49.1 Å². The number of aryl methyl sites for hydroxylation is 1. The van der Waals surface area contributed by atoms with Crippen LogP contribution < -0.4 is 28.4 Å². The topological polar surface area (TPSA) is 125 Å². The average molecular weight is 779 g/mol. The van der Waals surface area contributed by atoms with E-state index < -0.39 is 23.3 Å². The molecule has 2 saturated heterocycles. The summed E-state index contributed by atoms with van der Waals surface area (Å²) in [4.78, 5) is 33.1. The van der Waals surface area contributed by atoms with Crippen molar-refractivity contribution in [3.05, 3.63) is 83.9 Å². The van der Waals surface area contributed by atoms with Crippen molar-refractivity contribution in [3.8, 4) is 34.5 Å². The van der Waals surface area contributed by atoms with Gasteiger partial charge in [0, 0.05) is 43.6 Å². The van der Waals surface area contributed by atoms with E-state index in [-0.39, 0.29) is 24.6 Å². The molecule has 3 aromatic rings. The van der Waals surface area contributed by atoms with Gasteiger partial charge >= 0.3 is 5.97 Å². The molecule has 0 spiro atoms. The van der Waals surface area contributed by atoms with Crippen LogP contribution in [-0.2, 0) is 20.7 Å². The molecule has 2 aliphatic heterocycles. The number of ether oxygens (including phenoxy) is 7. The van der Waals surface area contributed by atoms with Gasteiger partial charge in [-0.1, -0.05) is 24.3 Å². The number of rotatable bonds is 19. The Balaban J connectivity index is 1.57. The molecule has 2 heterocycles. The summed E-state index contributed by atoms with van der Waals surface area (Å²) in [6.45, 7) is 8.55. The highest BCUT2D eigenvalue weighted by Gasteiger charge is 2.55. The highest BCUT2D eigenvalue weighted by molar-refractivity contribution is 7.99. The Kier molecular flexibility index (Phi) is 15.0. The molecule has 1 amide bonds. The van der Waals surface area contributed by atoms with E-state index in [1.807, 2.05) is 42.5 Å². The Bertz CT molecular complexity index is 1740. The van der Waals surface area contributed by atoms with Crippen LogP contribution in [0.15, 0.2) is 67.3 Å². The molecular formula is C42H54N2O10S. The minimum absolute atomic E-state index is 0.197. The lowest BCUT2D eigenvalue weighted by molar-refractivity contribution is -0.160. The van der Waals surface area contributed by atoms with Gasteiger partial charge in [-0.05, 0) is 72.4 Å². The summed E-state index contributed by atoms with van der Waals surface area (Å²) in [6.07, 6.45) is 2.87. The van der Waals surface area contributed by atoms with E-state index in [4.69, 9.17) is 33.2 Å². The van der Waals surface area contributed by atoms with Crippen molar-refractivity contribution in [1.82, 2.24) is 9.80 Å². The fraction of sp³-hybridized carbons (Fsp3) is 0.476. The minimum Gasteiger partial charge on any atom is -0.493 e. The second-order valence-electron chi connectivity index (χ2n) is 13.5. The Hall–Kier alpha value is -4.59. The number of carbonyl (C=O) groups excluding carboxylic acids is 1. The average Bonchev–Trinajstić information content (AvgIpc) is 3.22. The monoisotopic (exact) mass is 778 g/mol. The van der Waals surface area contributed by atoms with E-state index in [0.29, 0.717) is 78.5 Å². The van der Waals surface area contributed by atoms with Crippen LogP contribution in [0.4, 0.5) is 0 Å². The van der Waals surface area contributed by atoms with Crippen molar-refractivity contribution in [3.63, 3.8) is 0 Å². The van der Waals surface area contributed by atoms with Gasteiger partial charge in [0.1, 0.15) is 12.4 Å². The van der Waals surface area contributed by atoms with Crippen LogP contribution in [0.2, 0.25) is 0 Å². The molecule has 0 unspecified atom stereocenters. The largest absolute Gasteiger partial charge is 0.493 e. The minimum atomic E-state index is -1.61. The molecule has 0 aliphatic carbocycles. The maximum atomic E-state index is 15.1. The highest BCUT2D eigenvalue weighted by Crippen LogP contribution is 2.46. The van der Waals surface area contributed by atoms with E-state index in [2.05, 4.69) is 11.5 Å². The van der Waals surface area contributed by atoms with E-state index in [9.17, 15) is 9.90 Å². The molecular weight excluding hydrogens is 725 g/mol. The zero-order valence-corrected chi connectivity index (χ0v) is 33.4. The molecule has 2 fully saturated rings. The van der Waals surface area contributed by atoms with Crippen molar-refractivity contribution in [2.75, 3.05) is 93.1 Å². The van der Waals surface area contributed by atoms with Crippen LogP contribution >= 0.6 is 11.8 Å². The molecule has 0 aromatic heterocycles. The van der Waals surface area contributed by atoms with Crippen LogP contribution in [0.1, 0.15) is 41.4 Å². The molecule has 0 bridgehead atoms. The van der Waals surface area contributed by atoms with Gasteiger partial charge in [-0.15, -0.1) is 6.58 Å². The smallest absolute Gasteiger partial charge is 0.331 e. The third kappa shape index (κ3) is 9.45. The number of hydrogen-bond donors (Lipinski definition) is 1. The molecule has 3 aromatic carbocycles. The van der Waals surface area contributed by atoms with Gasteiger partial charge < -0.3 is 43.2 Å². The fourth-order valence-corrected chi connectivity index (χ4v) is 8.83. The molecule has 2 aliphatic rings. The second kappa shape index (κ2) is 19.8. The van der Waals surface area contributed by atoms with Gasteiger partial charge in [-0.25, -0.2) is 4.79 Å². The number of hydrogen-bond acceptors (Lipinski definition) is 11. The van der Waals surface area contributed by atoms with Gasteiger partial charge in [-0.2, -0.15) is 11.8 Å². The molecule has 12 nitrogen and oxygen atoms in total. The molecule has 3 atom stereocenters. The first-order chi connectivity index (χ1) is 26.7. The van der Waals surface area contributed by atoms with E-state index >= 15 is 4.79 Å². The van der Waals surface area contributed by atoms with Crippen molar-refractivity contribution in [2.24, 2.45) is 0 Å². The highest BCUT2D eigenvalue weighted by atomic mass is 32.2. The Morgan fingerprint density at radius 1 is 0.891 bits per heavy atom. The Morgan fingerprint density at radius 2 is 1.60 bits per heavy atom. The first kappa shape index (κ1) is 41.6. The standard InChI is InChI=1S/C42H54N2O10S/c1-7-9-33(31-26-37(50-4)39(52-6)38(27-31)51-5)40(45)44-19-23-55-28-42(44,41(46)47)34(14-12-29-13-15-35(48-2)36(24-29)49-3)30-10-8-11-32(25-30)54-22-18-43-16-20-53-21-17-43/h7-8,10-11,13,15,24-27,33-34H,1,9,12,14,16-23,28H2,2-6H3,(H,46,47)/t33-,34+,42+/m0/s1. The van der Waals surface area contributed by atoms with Crippen molar-refractivity contribution >= 4 is 23.6 Å². The van der Waals surface area contributed by atoms with Gasteiger partial charge in [0.05, 0.1) is 54.7 Å². The van der Waals surface area contributed by atoms with Gasteiger partial charge in [-0.3, -0.25) is 9.69 Å². The summed E-state index contributed by atoms with van der Waals surface area (Å²) in [5.41, 5.74) is 0.724. The number of amides is 1. The first-order valence-corrected chi connectivity index (χ1v) is 19.7. The lowest BCUT2D eigenvalue weighted by Gasteiger charge is -2.49. The van der Waals surface area contributed by atoms with Gasteiger partial charge in [0.2, 0.25) is 11.7 Å². The van der Waals surface area contributed by atoms with Gasteiger partial charge in [0.25, 0.3) is 0 Å². The molecule has 13 heteroatoms. The molecule has 0 radical (unpaired) electrons. The van der Waals surface area contributed by atoms with Crippen LogP contribution in [-0.4, -0.2) is 125 Å². The summed E-state index contributed by atoms with van der Waals surface area (Å²) < 4.78 is 39.6. The van der Waals surface area contributed by atoms with Crippen LogP contribution in [0.3, 0.4) is 0 Å². The van der Waals surface area contributed by atoms with Crippen LogP contribution in [0.25, 0.3) is 0 Å². The normalized spacial score (nSPS) is 18.5. The van der Waals surface area contributed by atoms with Crippen molar-refractivity contribution < 1.29 is 47.9 Å². The van der Waals surface area contributed by atoms with Crippen LogP contribution in [0.5, 0.6) is 34.5 Å². The number of morpholine rings is 1. The number of methoxy groups -OCH3 is 5. The number of carboxylic acid groups (broad SMARTS) is 1. The summed E-state index contributed by atoms with van der Waals surface area (Å²) in [5, 5.41) is 11.5. The van der Waals surface area contributed by atoms with Crippen LogP contribution in [0, 0.1) is 0 Å². The van der Waals surface area contributed by atoms with Gasteiger partial charge in [0.15, 0.2) is 28.5 Å². The molecule has 298 valence electrons. The molecule has 1 N–H and O–H groups in total. The quantitative estimate of drug-likeness (QED) is 0.145. The zero-order valence-electron chi connectivity index (χ0n) is 32.5. The SMILES string of the molecule is C=CC[C@H](C(=O)N1CCSC[C@]1(C(=O)O)[C@H](CCc1ccc(OC)c(OC)c1)c1cccc(OCCN2CCOCC2)c1)c1cc(OC)c(OC)c(OC)c1. The lowest BCUT2D eigenvalue weighted by Crippen LogP contribution is -2.65. The summed E-state index contributed by atoms with van der Waals surface area (Å²) >= 11 is 1.54. The Labute approximate surface area is 328 Å². The maximum absolute atomic E-state index is 15.1. The van der Waals surface area contributed by atoms with Crippen molar-refractivity contribution in [1.29, 1.82) is 0 Å². The number of allylic oxidation sites excluding steroid dienone is 1.